The number of methoxy groups -OCH3 is 1. The Labute approximate surface area is 153 Å². The number of rotatable bonds is 3. The lowest BCUT2D eigenvalue weighted by atomic mass is 10.1. The van der Waals surface area contributed by atoms with Gasteiger partial charge in [-0.15, -0.1) is 3.89 Å². The number of ether oxygens (including phenoxy) is 1. The van der Waals surface area contributed by atoms with Gasteiger partial charge in [-0.05, 0) is 18.2 Å². The van der Waals surface area contributed by atoms with Crippen LogP contribution in [0.5, 0.6) is 5.75 Å². The first-order valence-corrected chi connectivity index (χ1v) is 8.61. The molecule has 0 aromatic carbocycles. The second-order valence-electron chi connectivity index (χ2n) is 4.73. The smallest absolute Gasteiger partial charge is 0.198 e. The zero-order chi connectivity index (χ0) is 18.0. The molecule has 0 radical (unpaired) electrons. The van der Waals surface area contributed by atoms with Crippen molar-refractivity contribution in [1.29, 1.82) is 0 Å². The zero-order valence-corrected chi connectivity index (χ0v) is 15.3. The Morgan fingerprint density at radius 1 is 1.16 bits per heavy atom. The van der Waals surface area contributed by atoms with E-state index in [0.29, 0.717) is 22.2 Å². The number of hydrogen-bond acceptors (Lipinski definition) is 5. The SMILES string of the molecule is CC.COc1c(-c2cn(SF)c3nc(Cl)ccc23)ccn2ncnc12. The van der Waals surface area contributed by atoms with Gasteiger partial charge in [-0.1, -0.05) is 25.4 Å². The van der Waals surface area contributed by atoms with Gasteiger partial charge in [-0.2, -0.15) is 5.10 Å². The van der Waals surface area contributed by atoms with Gasteiger partial charge in [0.05, 0.1) is 7.11 Å². The van der Waals surface area contributed by atoms with Crippen molar-refractivity contribution in [1.82, 2.24) is 23.6 Å². The summed E-state index contributed by atoms with van der Waals surface area (Å²) in [6.45, 7) is 4.00. The molecular formula is C16H15ClFN5OS. The highest BCUT2D eigenvalue weighted by Gasteiger charge is 2.18. The third-order valence-electron chi connectivity index (χ3n) is 3.56. The van der Waals surface area contributed by atoms with Gasteiger partial charge < -0.3 is 4.74 Å². The summed E-state index contributed by atoms with van der Waals surface area (Å²) in [6, 6.07) is 5.32. The summed E-state index contributed by atoms with van der Waals surface area (Å²) in [7, 11) is 1.56. The average Bonchev–Trinajstić information content (AvgIpc) is 3.26. The second kappa shape index (κ2) is 7.28. The van der Waals surface area contributed by atoms with Crippen molar-refractivity contribution < 1.29 is 8.62 Å². The fraction of sp³-hybridized carbons (Fsp3) is 0.188. The number of fused-ring (bicyclic) bond motifs is 2. The Bertz CT molecular complexity index is 1030. The molecule has 4 rings (SSSR count). The molecule has 0 spiro atoms. The predicted octanol–water partition coefficient (Wildman–Crippen LogP) is 4.82. The molecule has 0 N–H and O–H groups in total. The van der Waals surface area contributed by atoms with Crippen molar-refractivity contribution in [2.24, 2.45) is 0 Å². The minimum absolute atomic E-state index is 0.0628. The van der Waals surface area contributed by atoms with Crippen LogP contribution in [0, 0.1) is 0 Å². The van der Waals surface area contributed by atoms with Crippen molar-refractivity contribution >= 4 is 40.6 Å². The van der Waals surface area contributed by atoms with E-state index in [9.17, 15) is 3.89 Å². The lowest BCUT2D eigenvalue weighted by molar-refractivity contribution is 0.418. The van der Waals surface area contributed by atoms with E-state index in [4.69, 9.17) is 16.3 Å². The quantitative estimate of drug-likeness (QED) is 0.478. The van der Waals surface area contributed by atoms with E-state index >= 15 is 0 Å². The molecule has 4 heterocycles. The number of pyridine rings is 2. The molecule has 0 unspecified atom stereocenters. The van der Waals surface area contributed by atoms with Crippen molar-refractivity contribution in [3.05, 3.63) is 42.1 Å². The Morgan fingerprint density at radius 2 is 1.96 bits per heavy atom. The highest BCUT2D eigenvalue weighted by Crippen LogP contribution is 2.39. The fourth-order valence-corrected chi connectivity index (χ4v) is 3.09. The summed E-state index contributed by atoms with van der Waals surface area (Å²) < 4.78 is 21.7. The lowest BCUT2D eigenvalue weighted by Crippen LogP contribution is -1.94. The molecule has 4 aromatic heterocycles. The van der Waals surface area contributed by atoms with E-state index < -0.39 is 0 Å². The van der Waals surface area contributed by atoms with Crippen LogP contribution >= 0.6 is 23.9 Å². The van der Waals surface area contributed by atoms with Crippen molar-refractivity contribution in [3.63, 3.8) is 0 Å². The van der Waals surface area contributed by atoms with Gasteiger partial charge in [0.15, 0.2) is 29.4 Å². The molecule has 0 saturated carbocycles. The molecule has 9 heteroatoms. The molecule has 0 aliphatic heterocycles. The Kier molecular flexibility index (Phi) is 5.10. The van der Waals surface area contributed by atoms with Gasteiger partial charge in [0.2, 0.25) is 0 Å². The maximum Gasteiger partial charge on any atom is 0.198 e. The molecule has 0 amide bonds. The van der Waals surface area contributed by atoms with Crippen LogP contribution in [0.25, 0.3) is 27.8 Å². The molecule has 6 nitrogen and oxygen atoms in total. The minimum Gasteiger partial charge on any atom is -0.492 e. The molecule has 0 aliphatic carbocycles. The Hall–Kier alpha value is -2.32. The van der Waals surface area contributed by atoms with Crippen LogP contribution in [0.3, 0.4) is 0 Å². The maximum absolute atomic E-state index is 13.2. The first-order valence-electron chi connectivity index (χ1n) is 7.56. The molecule has 0 saturated heterocycles. The molecule has 0 aliphatic rings. The highest BCUT2D eigenvalue weighted by molar-refractivity contribution is 7.92. The number of aromatic nitrogens is 5. The van der Waals surface area contributed by atoms with Crippen LogP contribution in [0.2, 0.25) is 5.15 Å². The molecule has 0 bridgehead atoms. The van der Waals surface area contributed by atoms with Crippen LogP contribution in [0.1, 0.15) is 13.8 Å². The van der Waals surface area contributed by atoms with Gasteiger partial charge in [0.25, 0.3) is 0 Å². The number of hydrogen-bond donors (Lipinski definition) is 0. The molecule has 130 valence electrons. The maximum atomic E-state index is 13.2. The van der Waals surface area contributed by atoms with E-state index in [2.05, 4.69) is 15.1 Å². The number of halogens is 2. The molecule has 0 fully saturated rings. The van der Waals surface area contributed by atoms with Crippen molar-refractivity contribution in [2.75, 3.05) is 7.11 Å². The Balaban J connectivity index is 0.000000880. The van der Waals surface area contributed by atoms with Crippen molar-refractivity contribution in [2.45, 2.75) is 13.8 Å². The molecule has 4 aromatic rings. The summed E-state index contributed by atoms with van der Waals surface area (Å²) >= 11 is 5.99. The summed E-state index contributed by atoms with van der Waals surface area (Å²) in [6.07, 6.45) is 4.88. The second-order valence-corrected chi connectivity index (χ2v) is 5.65. The van der Waals surface area contributed by atoms with E-state index in [0.717, 1.165) is 16.5 Å². The van der Waals surface area contributed by atoms with Crippen LogP contribution in [-0.4, -0.2) is 30.7 Å². The monoisotopic (exact) mass is 379 g/mol. The molecular weight excluding hydrogens is 365 g/mol. The van der Waals surface area contributed by atoms with E-state index in [1.165, 1.54) is 10.3 Å². The average molecular weight is 380 g/mol. The van der Waals surface area contributed by atoms with E-state index in [1.807, 2.05) is 19.9 Å². The van der Waals surface area contributed by atoms with Gasteiger partial charge in [-0.3, -0.25) is 0 Å². The van der Waals surface area contributed by atoms with Gasteiger partial charge in [0.1, 0.15) is 11.5 Å². The third kappa shape index (κ3) is 2.91. The first-order chi connectivity index (χ1) is 12.2. The standard InChI is InChI=1S/C14H9ClFN5OS.C2H6/c1-22-12-8(4-5-20-14(12)17-7-18-20)10-6-21(23-16)13-9(10)2-3-11(15)19-13;1-2/h2-7H,1H3;1-2H3. The normalized spacial score (nSPS) is 10.8. The number of nitrogens with zero attached hydrogens (tertiary/aromatic N) is 5. The van der Waals surface area contributed by atoms with E-state index in [1.54, 1.807) is 36.2 Å². The summed E-state index contributed by atoms with van der Waals surface area (Å²) in [5.74, 6) is 0.558. The van der Waals surface area contributed by atoms with Crippen LogP contribution < -0.4 is 4.74 Å². The van der Waals surface area contributed by atoms with E-state index in [-0.39, 0.29) is 12.3 Å². The van der Waals surface area contributed by atoms with Gasteiger partial charge in [0, 0.05) is 28.9 Å². The topological polar surface area (TPSA) is 57.2 Å². The van der Waals surface area contributed by atoms with Crippen LogP contribution in [0.15, 0.2) is 36.9 Å². The largest absolute Gasteiger partial charge is 0.492 e. The van der Waals surface area contributed by atoms with Gasteiger partial charge in [-0.25, -0.2) is 18.5 Å². The molecule has 0 atom stereocenters. The highest BCUT2D eigenvalue weighted by atomic mass is 35.5. The molecule has 25 heavy (non-hydrogen) atoms. The van der Waals surface area contributed by atoms with Crippen molar-refractivity contribution in [3.8, 4) is 16.9 Å². The summed E-state index contributed by atoms with van der Waals surface area (Å²) in [5, 5.41) is 5.15. The lowest BCUT2D eigenvalue weighted by Gasteiger charge is -2.08. The Morgan fingerprint density at radius 3 is 2.68 bits per heavy atom. The summed E-state index contributed by atoms with van der Waals surface area (Å²) in [4.78, 5) is 8.39. The first kappa shape index (κ1) is 17.5. The van der Waals surface area contributed by atoms with Gasteiger partial charge >= 0.3 is 0 Å². The fourth-order valence-electron chi connectivity index (χ4n) is 2.60. The zero-order valence-electron chi connectivity index (χ0n) is 13.8. The minimum atomic E-state index is 0.0628. The third-order valence-corrected chi connectivity index (χ3v) is 4.20. The summed E-state index contributed by atoms with van der Waals surface area (Å²) in [5.41, 5.74) is 2.58. The van der Waals surface area contributed by atoms with Crippen LogP contribution in [-0.2, 0) is 0 Å². The van der Waals surface area contributed by atoms with Crippen LogP contribution in [0.4, 0.5) is 3.89 Å². The predicted molar refractivity (Wildman–Crippen MR) is 98.7 cm³/mol.